The van der Waals surface area contributed by atoms with E-state index in [0.717, 1.165) is 36.9 Å². The summed E-state index contributed by atoms with van der Waals surface area (Å²) in [5, 5.41) is 2.68. The Morgan fingerprint density at radius 1 is 1.19 bits per heavy atom. The van der Waals surface area contributed by atoms with Gasteiger partial charge in [0, 0.05) is 24.0 Å². The van der Waals surface area contributed by atoms with Gasteiger partial charge in [-0.25, -0.2) is 0 Å². The molecule has 0 unspecified atom stereocenters. The monoisotopic (exact) mass is 351 g/mol. The minimum absolute atomic E-state index is 0.234. The van der Waals surface area contributed by atoms with E-state index in [1.54, 1.807) is 37.4 Å². The third-order valence-electron chi connectivity index (χ3n) is 4.61. The molecule has 1 aliphatic carbocycles. The third-order valence-corrected chi connectivity index (χ3v) is 4.61. The van der Waals surface area contributed by atoms with E-state index in [1.165, 1.54) is 11.0 Å². The molecule has 0 saturated carbocycles. The molecule has 0 fully saturated rings. The van der Waals surface area contributed by atoms with E-state index in [2.05, 4.69) is 16.9 Å². The van der Waals surface area contributed by atoms with Crippen LogP contribution in [0.2, 0.25) is 0 Å². The van der Waals surface area contributed by atoms with Gasteiger partial charge in [-0.2, -0.15) is 0 Å². The van der Waals surface area contributed by atoms with Gasteiger partial charge in [-0.1, -0.05) is 6.58 Å². The number of fused-ring (bicyclic) bond motifs is 1. The maximum Gasteiger partial charge on any atom is 0.271 e. The molecule has 0 spiro atoms. The molecule has 1 aliphatic rings. The minimum Gasteiger partial charge on any atom is -0.324 e. The number of nitrogens with zero attached hydrogens (tertiary/aromatic N) is 1. The highest BCUT2D eigenvalue weighted by atomic mass is 16.2. The second-order valence-electron chi connectivity index (χ2n) is 6.33. The van der Waals surface area contributed by atoms with Crippen molar-refractivity contribution < 1.29 is 9.59 Å². The van der Waals surface area contributed by atoms with Crippen LogP contribution >= 0.6 is 0 Å². The molecule has 6 heteroatoms. The van der Waals surface area contributed by atoms with Crippen LogP contribution < -0.4 is 15.8 Å². The minimum atomic E-state index is -0.365. The third kappa shape index (κ3) is 3.59. The fourth-order valence-electron chi connectivity index (χ4n) is 3.06. The highest BCUT2D eigenvalue weighted by Gasteiger charge is 2.15. The van der Waals surface area contributed by atoms with Crippen LogP contribution in [0.15, 0.2) is 47.8 Å². The van der Waals surface area contributed by atoms with Crippen molar-refractivity contribution in [3.8, 4) is 0 Å². The number of rotatable bonds is 4. The van der Waals surface area contributed by atoms with Crippen LogP contribution in [0.5, 0.6) is 0 Å². The van der Waals surface area contributed by atoms with Crippen LogP contribution in [0.3, 0.4) is 0 Å². The number of carbonyl (C=O) groups excluding carboxylic acids is 2. The summed E-state index contributed by atoms with van der Waals surface area (Å²) < 4.78 is 0. The number of aromatic amines is 1. The molecule has 134 valence electrons. The van der Waals surface area contributed by atoms with E-state index in [1.807, 2.05) is 0 Å². The Morgan fingerprint density at radius 3 is 2.58 bits per heavy atom. The molecule has 3 rings (SSSR count). The summed E-state index contributed by atoms with van der Waals surface area (Å²) in [7, 11) is 1.63. The van der Waals surface area contributed by atoms with Crippen LogP contribution in [-0.2, 0) is 17.6 Å². The number of carbonyl (C=O) groups is 2. The quantitative estimate of drug-likeness (QED) is 0.831. The van der Waals surface area contributed by atoms with Gasteiger partial charge in [0.1, 0.15) is 5.69 Å². The molecule has 0 atom stereocenters. The van der Waals surface area contributed by atoms with Crippen LogP contribution in [0.25, 0.3) is 0 Å². The van der Waals surface area contributed by atoms with Gasteiger partial charge in [-0.3, -0.25) is 14.4 Å². The maximum absolute atomic E-state index is 12.4. The molecule has 6 nitrogen and oxygen atoms in total. The SMILES string of the molecule is C=CC(=O)N(C)c1ccc(C(=O)Nc2cc3c([nH]c2=O)CCCC3)cc1. The second kappa shape index (κ2) is 7.39. The Balaban J connectivity index is 1.77. The van der Waals surface area contributed by atoms with Gasteiger partial charge in [0.15, 0.2) is 0 Å². The van der Waals surface area contributed by atoms with Gasteiger partial charge in [0.2, 0.25) is 5.91 Å². The van der Waals surface area contributed by atoms with Crippen molar-refractivity contribution in [3.05, 3.63) is 70.2 Å². The first kappa shape index (κ1) is 17.7. The summed E-state index contributed by atoms with van der Waals surface area (Å²) in [6.45, 7) is 3.45. The fraction of sp³-hybridized carbons (Fsp3) is 0.250. The predicted octanol–water partition coefficient (Wildman–Crippen LogP) is 2.65. The summed E-state index contributed by atoms with van der Waals surface area (Å²) in [6, 6.07) is 8.35. The van der Waals surface area contributed by atoms with Crippen LogP contribution in [-0.4, -0.2) is 23.8 Å². The van der Waals surface area contributed by atoms with Crippen molar-refractivity contribution in [1.82, 2.24) is 4.98 Å². The predicted molar refractivity (Wildman–Crippen MR) is 102 cm³/mol. The summed E-state index contributed by atoms with van der Waals surface area (Å²) in [6.07, 6.45) is 5.17. The Hall–Kier alpha value is -3.15. The first-order valence-electron chi connectivity index (χ1n) is 8.56. The summed E-state index contributed by atoms with van der Waals surface area (Å²) in [4.78, 5) is 40.6. The van der Waals surface area contributed by atoms with Gasteiger partial charge in [-0.05, 0) is 67.7 Å². The smallest absolute Gasteiger partial charge is 0.271 e. The van der Waals surface area contributed by atoms with Gasteiger partial charge in [0.25, 0.3) is 11.5 Å². The standard InChI is InChI=1S/C20H21N3O3/c1-3-18(24)23(2)15-10-8-13(9-11-15)19(25)22-17-12-14-6-4-5-7-16(14)21-20(17)26/h3,8-12H,1,4-7H2,2H3,(H,21,26)(H,22,25). The largest absolute Gasteiger partial charge is 0.324 e. The van der Waals surface area contributed by atoms with Crippen molar-refractivity contribution in [2.75, 3.05) is 17.3 Å². The molecule has 1 aromatic heterocycles. The molecule has 1 aromatic carbocycles. The molecule has 0 aliphatic heterocycles. The van der Waals surface area contributed by atoms with E-state index in [4.69, 9.17) is 0 Å². The van der Waals surface area contributed by atoms with Crippen LogP contribution in [0.4, 0.5) is 11.4 Å². The average Bonchev–Trinajstić information content (AvgIpc) is 2.67. The number of likely N-dealkylation sites (N-methyl/N-ethyl adjacent to an activating group) is 1. The van der Waals surface area contributed by atoms with Crippen molar-refractivity contribution in [3.63, 3.8) is 0 Å². The summed E-state index contributed by atoms with van der Waals surface area (Å²) in [5.74, 6) is -0.599. The number of aromatic nitrogens is 1. The second-order valence-corrected chi connectivity index (χ2v) is 6.33. The van der Waals surface area contributed by atoms with Gasteiger partial charge in [0.05, 0.1) is 0 Å². The van der Waals surface area contributed by atoms with Crippen molar-refractivity contribution in [2.24, 2.45) is 0 Å². The van der Waals surface area contributed by atoms with E-state index in [-0.39, 0.29) is 23.1 Å². The first-order valence-corrected chi connectivity index (χ1v) is 8.56. The number of amides is 2. The number of aryl methyl sites for hydroxylation is 2. The molecule has 2 amide bonds. The zero-order valence-electron chi connectivity index (χ0n) is 14.7. The molecule has 0 bridgehead atoms. The highest BCUT2D eigenvalue weighted by molar-refractivity contribution is 6.05. The molecule has 0 radical (unpaired) electrons. The molecule has 2 aromatic rings. The van der Waals surface area contributed by atoms with Crippen LogP contribution in [0.1, 0.15) is 34.5 Å². The Labute approximate surface area is 151 Å². The number of anilines is 2. The number of benzene rings is 1. The van der Waals surface area contributed by atoms with Crippen molar-refractivity contribution in [1.29, 1.82) is 0 Å². The molecular formula is C20H21N3O3. The fourth-order valence-corrected chi connectivity index (χ4v) is 3.06. The topological polar surface area (TPSA) is 82.3 Å². The Morgan fingerprint density at radius 2 is 1.88 bits per heavy atom. The number of hydrogen-bond acceptors (Lipinski definition) is 3. The highest BCUT2D eigenvalue weighted by Crippen LogP contribution is 2.20. The zero-order chi connectivity index (χ0) is 18.7. The zero-order valence-corrected chi connectivity index (χ0v) is 14.7. The van der Waals surface area contributed by atoms with Gasteiger partial charge >= 0.3 is 0 Å². The molecule has 0 saturated heterocycles. The van der Waals surface area contributed by atoms with E-state index in [9.17, 15) is 14.4 Å². The van der Waals surface area contributed by atoms with E-state index < -0.39 is 0 Å². The molecule has 26 heavy (non-hydrogen) atoms. The lowest BCUT2D eigenvalue weighted by molar-refractivity contribution is -0.113. The maximum atomic E-state index is 12.4. The Kier molecular flexibility index (Phi) is 5.02. The average molecular weight is 351 g/mol. The lowest BCUT2D eigenvalue weighted by atomic mass is 9.96. The normalized spacial score (nSPS) is 12.8. The number of hydrogen-bond donors (Lipinski definition) is 2. The van der Waals surface area contributed by atoms with Crippen LogP contribution in [0, 0.1) is 0 Å². The number of pyridine rings is 1. The molecule has 1 heterocycles. The van der Waals surface area contributed by atoms with Gasteiger partial charge < -0.3 is 15.2 Å². The molecule has 2 N–H and O–H groups in total. The molecular weight excluding hydrogens is 330 g/mol. The number of H-pyrrole nitrogens is 1. The van der Waals surface area contributed by atoms with E-state index in [0.29, 0.717) is 11.3 Å². The summed E-state index contributed by atoms with van der Waals surface area (Å²) in [5.41, 5.74) is 3.10. The Bertz CT molecular complexity index is 913. The van der Waals surface area contributed by atoms with E-state index >= 15 is 0 Å². The first-order chi connectivity index (χ1) is 12.5. The number of nitrogens with one attached hydrogen (secondary N) is 2. The van der Waals surface area contributed by atoms with Crippen molar-refractivity contribution in [2.45, 2.75) is 25.7 Å². The van der Waals surface area contributed by atoms with Crippen molar-refractivity contribution >= 4 is 23.2 Å². The lowest BCUT2D eigenvalue weighted by Gasteiger charge is -2.17. The lowest BCUT2D eigenvalue weighted by Crippen LogP contribution is -2.24. The van der Waals surface area contributed by atoms with Gasteiger partial charge in [-0.15, -0.1) is 0 Å². The summed E-state index contributed by atoms with van der Waals surface area (Å²) >= 11 is 0.